The van der Waals surface area contributed by atoms with Gasteiger partial charge in [-0.2, -0.15) is 10.1 Å². The summed E-state index contributed by atoms with van der Waals surface area (Å²) in [6.07, 6.45) is 3.31. The zero-order valence-corrected chi connectivity index (χ0v) is 15.9. The molecule has 0 unspecified atom stereocenters. The highest BCUT2D eigenvalue weighted by molar-refractivity contribution is 6.30. The number of nitrogens with one attached hydrogen (secondary N) is 2. The van der Waals surface area contributed by atoms with Crippen LogP contribution in [-0.4, -0.2) is 35.4 Å². The third-order valence-electron chi connectivity index (χ3n) is 4.00. The van der Waals surface area contributed by atoms with Crippen LogP contribution in [0.1, 0.15) is 11.1 Å². The summed E-state index contributed by atoms with van der Waals surface area (Å²) < 4.78 is 5.24. The fraction of sp³-hybridized carbons (Fsp3) is 0.250. The summed E-state index contributed by atoms with van der Waals surface area (Å²) in [5.41, 5.74) is 2.36. The van der Waals surface area contributed by atoms with E-state index in [4.69, 9.17) is 16.3 Å². The van der Waals surface area contributed by atoms with E-state index >= 15 is 0 Å². The van der Waals surface area contributed by atoms with Crippen molar-refractivity contribution < 1.29 is 4.74 Å². The van der Waals surface area contributed by atoms with Crippen LogP contribution >= 0.6 is 11.6 Å². The van der Waals surface area contributed by atoms with Crippen LogP contribution in [0.5, 0.6) is 5.75 Å². The van der Waals surface area contributed by atoms with Crippen LogP contribution in [0.25, 0.3) is 0 Å². The van der Waals surface area contributed by atoms with Crippen molar-refractivity contribution in [3.8, 4) is 5.75 Å². The molecule has 0 bridgehead atoms. The molecule has 2 aromatic carbocycles. The Morgan fingerprint density at radius 3 is 2.48 bits per heavy atom. The Hall–Kier alpha value is -2.86. The minimum absolute atomic E-state index is 0.505. The number of methoxy groups -OCH3 is 1. The minimum Gasteiger partial charge on any atom is -0.497 e. The van der Waals surface area contributed by atoms with Crippen molar-refractivity contribution in [3.63, 3.8) is 0 Å². The van der Waals surface area contributed by atoms with Crippen LogP contribution in [0.2, 0.25) is 5.02 Å². The van der Waals surface area contributed by atoms with Crippen LogP contribution in [0.15, 0.2) is 54.7 Å². The Bertz CT molecular complexity index is 874. The van der Waals surface area contributed by atoms with Gasteiger partial charge in [-0.1, -0.05) is 35.9 Å². The molecule has 0 fully saturated rings. The molecule has 0 saturated heterocycles. The number of anilines is 2. The molecule has 0 aliphatic heterocycles. The summed E-state index contributed by atoms with van der Waals surface area (Å²) in [7, 11) is 1.67. The van der Waals surface area contributed by atoms with Crippen molar-refractivity contribution in [1.29, 1.82) is 0 Å². The van der Waals surface area contributed by atoms with Crippen LogP contribution < -0.4 is 15.4 Å². The number of hydrogen-bond donors (Lipinski definition) is 2. The number of rotatable bonds is 9. The van der Waals surface area contributed by atoms with Gasteiger partial charge in [-0.15, -0.1) is 5.10 Å². The maximum Gasteiger partial charge on any atom is 0.244 e. The van der Waals surface area contributed by atoms with E-state index in [0.29, 0.717) is 18.3 Å². The molecule has 2 N–H and O–H groups in total. The van der Waals surface area contributed by atoms with E-state index in [1.165, 1.54) is 11.1 Å². The molecule has 0 spiro atoms. The van der Waals surface area contributed by atoms with E-state index in [9.17, 15) is 0 Å². The normalized spacial score (nSPS) is 10.4. The maximum atomic E-state index is 6.00. The molecule has 3 rings (SSSR count). The molecule has 0 atom stereocenters. The second-order valence-corrected chi connectivity index (χ2v) is 6.44. The van der Waals surface area contributed by atoms with Gasteiger partial charge in [-0.05, 0) is 48.2 Å². The summed E-state index contributed by atoms with van der Waals surface area (Å²) in [5, 5.41) is 15.2. The van der Waals surface area contributed by atoms with Gasteiger partial charge in [0.25, 0.3) is 0 Å². The van der Waals surface area contributed by atoms with Crippen LogP contribution in [0, 0.1) is 0 Å². The zero-order valence-electron chi connectivity index (χ0n) is 15.2. The topological polar surface area (TPSA) is 72.0 Å². The first-order valence-electron chi connectivity index (χ1n) is 8.78. The van der Waals surface area contributed by atoms with E-state index in [1.807, 2.05) is 36.4 Å². The first-order chi connectivity index (χ1) is 13.2. The molecular formula is C20H22ClN5O. The molecule has 0 aliphatic rings. The zero-order chi connectivity index (χ0) is 18.9. The molecule has 0 amide bonds. The fourth-order valence-electron chi connectivity index (χ4n) is 2.64. The summed E-state index contributed by atoms with van der Waals surface area (Å²) in [6, 6.07) is 15.8. The Labute approximate surface area is 164 Å². The van der Waals surface area contributed by atoms with Gasteiger partial charge in [0.15, 0.2) is 5.82 Å². The van der Waals surface area contributed by atoms with Crippen LogP contribution in [0.3, 0.4) is 0 Å². The van der Waals surface area contributed by atoms with Gasteiger partial charge in [0.2, 0.25) is 5.95 Å². The number of nitrogens with zero attached hydrogens (tertiary/aromatic N) is 3. The van der Waals surface area contributed by atoms with Crippen molar-refractivity contribution in [2.24, 2.45) is 0 Å². The molecule has 7 heteroatoms. The van der Waals surface area contributed by atoms with Gasteiger partial charge in [-0.25, -0.2) is 0 Å². The highest BCUT2D eigenvalue weighted by Gasteiger charge is 2.02. The predicted molar refractivity (Wildman–Crippen MR) is 109 cm³/mol. The Balaban J connectivity index is 1.46. The predicted octanol–water partition coefficient (Wildman–Crippen LogP) is 3.84. The molecule has 27 heavy (non-hydrogen) atoms. The Kier molecular flexibility index (Phi) is 6.82. The SMILES string of the molecule is COc1cccc(CCNc2nncc(NCCc3cccc(Cl)c3)n2)c1. The van der Waals surface area contributed by atoms with Gasteiger partial charge >= 0.3 is 0 Å². The number of halogens is 1. The lowest BCUT2D eigenvalue weighted by Gasteiger charge is -2.08. The van der Waals surface area contributed by atoms with Crippen LogP contribution in [-0.2, 0) is 12.8 Å². The minimum atomic E-state index is 0.505. The summed E-state index contributed by atoms with van der Waals surface area (Å²) in [5.74, 6) is 2.05. The lowest BCUT2D eigenvalue weighted by atomic mass is 10.1. The second kappa shape index (κ2) is 9.73. The fourth-order valence-corrected chi connectivity index (χ4v) is 2.85. The number of ether oxygens (including phenoxy) is 1. The van der Waals surface area contributed by atoms with Gasteiger partial charge in [0, 0.05) is 18.1 Å². The van der Waals surface area contributed by atoms with E-state index < -0.39 is 0 Å². The van der Waals surface area contributed by atoms with Gasteiger partial charge in [-0.3, -0.25) is 0 Å². The van der Waals surface area contributed by atoms with E-state index in [2.05, 4.69) is 37.9 Å². The third kappa shape index (κ3) is 6.11. The smallest absolute Gasteiger partial charge is 0.244 e. The Morgan fingerprint density at radius 1 is 0.963 bits per heavy atom. The van der Waals surface area contributed by atoms with Crippen LogP contribution in [0.4, 0.5) is 11.8 Å². The molecule has 6 nitrogen and oxygen atoms in total. The number of benzene rings is 2. The first kappa shape index (κ1) is 18.9. The third-order valence-corrected chi connectivity index (χ3v) is 4.23. The second-order valence-electron chi connectivity index (χ2n) is 6.00. The first-order valence-corrected chi connectivity index (χ1v) is 9.15. The highest BCUT2D eigenvalue weighted by Crippen LogP contribution is 2.13. The average molecular weight is 384 g/mol. The average Bonchev–Trinajstić information content (AvgIpc) is 2.69. The highest BCUT2D eigenvalue weighted by atomic mass is 35.5. The van der Waals surface area contributed by atoms with Gasteiger partial charge < -0.3 is 15.4 Å². The summed E-state index contributed by atoms with van der Waals surface area (Å²) in [4.78, 5) is 4.44. The van der Waals surface area contributed by atoms with Gasteiger partial charge in [0.1, 0.15) is 5.75 Å². The number of aromatic nitrogens is 3. The molecule has 0 aliphatic carbocycles. The monoisotopic (exact) mass is 383 g/mol. The molecular weight excluding hydrogens is 362 g/mol. The molecule has 140 valence electrons. The van der Waals surface area contributed by atoms with Crippen molar-refractivity contribution in [2.75, 3.05) is 30.8 Å². The quantitative estimate of drug-likeness (QED) is 0.585. The summed E-state index contributed by atoms with van der Waals surface area (Å²) in [6.45, 7) is 1.45. The summed E-state index contributed by atoms with van der Waals surface area (Å²) >= 11 is 6.00. The molecule has 1 heterocycles. The molecule has 0 radical (unpaired) electrons. The van der Waals surface area contributed by atoms with Crippen molar-refractivity contribution >= 4 is 23.4 Å². The lowest BCUT2D eigenvalue weighted by Crippen LogP contribution is -2.12. The Morgan fingerprint density at radius 2 is 1.70 bits per heavy atom. The van der Waals surface area contributed by atoms with Crippen molar-refractivity contribution in [3.05, 3.63) is 70.9 Å². The molecule has 3 aromatic rings. The molecule has 1 aromatic heterocycles. The molecule has 0 saturated carbocycles. The van der Waals surface area contributed by atoms with Crippen molar-refractivity contribution in [1.82, 2.24) is 15.2 Å². The number of hydrogen-bond acceptors (Lipinski definition) is 6. The lowest BCUT2D eigenvalue weighted by molar-refractivity contribution is 0.414. The van der Waals surface area contributed by atoms with Gasteiger partial charge in [0.05, 0.1) is 13.3 Å². The van der Waals surface area contributed by atoms with E-state index in [1.54, 1.807) is 13.3 Å². The van der Waals surface area contributed by atoms with E-state index in [0.717, 1.165) is 30.2 Å². The van der Waals surface area contributed by atoms with E-state index in [-0.39, 0.29) is 0 Å². The maximum absolute atomic E-state index is 6.00. The van der Waals surface area contributed by atoms with Crippen molar-refractivity contribution in [2.45, 2.75) is 12.8 Å². The largest absolute Gasteiger partial charge is 0.497 e. The standard InChI is InChI=1S/C20H22ClN5O/c1-27-18-7-3-5-16(13-18)9-11-23-20-25-19(14-24-26-20)22-10-8-15-4-2-6-17(21)12-15/h2-7,12-14H,8-11H2,1H3,(H2,22,23,25,26).